The number of thioether (sulfide) groups is 1. The van der Waals surface area contributed by atoms with Crippen LogP contribution in [0.1, 0.15) is 23.6 Å². The number of fused-ring (bicyclic) bond motifs is 1. The Labute approximate surface area is 140 Å². The van der Waals surface area contributed by atoms with Crippen molar-refractivity contribution in [2.45, 2.75) is 23.9 Å². The highest BCUT2D eigenvalue weighted by Gasteiger charge is 2.21. The normalized spacial score (nSPS) is 16.7. The second-order valence-electron chi connectivity index (χ2n) is 5.43. The molecular formula is C18H20FNO2S. The van der Waals surface area contributed by atoms with Gasteiger partial charge in [0.25, 0.3) is 0 Å². The number of hydrogen-bond donors (Lipinski definition) is 1. The number of ether oxygens (including phenoxy) is 2. The van der Waals surface area contributed by atoms with Crippen LogP contribution in [-0.4, -0.2) is 20.0 Å². The van der Waals surface area contributed by atoms with E-state index in [1.807, 2.05) is 24.3 Å². The van der Waals surface area contributed by atoms with E-state index >= 15 is 0 Å². The van der Waals surface area contributed by atoms with Gasteiger partial charge in [0.05, 0.1) is 14.2 Å². The molecule has 3 rings (SSSR count). The first-order valence-corrected chi connectivity index (χ1v) is 8.56. The van der Waals surface area contributed by atoms with E-state index < -0.39 is 0 Å². The van der Waals surface area contributed by atoms with Crippen LogP contribution in [0.2, 0.25) is 0 Å². The molecule has 0 radical (unpaired) electrons. The van der Waals surface area contributed by atoms with Crippen LogP contribution in [0.5, 0.6) is 11.5 Å². The number of nitrogens with one attached hydrogen (secondary N) is 1. The molecule has 0 spiro atoms. The third kappa shape index (κ3) is 3.62. The molecule has 0 saturated carbocycles. The zero-order valence-electron chi connectivity index (χ0n) is 13.3. The Morgan fingerprint density at radius 3 is 2.83 bits per heavy atom. The van der Waals surface area contributed by atoms with E-state index in [-0.39, 0.29) is 11.9 Å². The van der Waals surface area contributed by atoms with Gasteiger partial charge in [-0.05, 0) is 54.1 Å². The van der Waals surface area contributed by atoms with Crippen LogP contribution < -0.4 is 14.8 Å². The molecule has 2 aromatic rings. The number of hydrogen-bond acceptors (Lipinski definition) is 4. The van der Waals surface area contributed by atoms with Crippen molar-refractivity contribution < 1.29 is 13.9 Å². The van der Waals surface area contributed by atoms with E-state index in [4.69, 9.17) is 9.47 Å². The zero-order valence-corrected chi connectivity index (χ0v) is 14.1. The molecule has 0 aliphatic carbocycles. The lowest BCUT2D eigenvalue weighted by atomic mass is 10.0. The first-order valence-electron chi connectivity index (χ1n) is 7.58. The molecule has 23 heavy (non-hydrogen) atoms. The van der Waals surface area contributed by atoms with Gasteiger partial charge in [0.2, 0.25) is 0 Å². The van der Waals surface area contributed by atoms with E-state index in [2.05, 4.69) is 5.32 Å². The summed E-state index contributed by atoms with van der Waals surface area (Å²) in [5.41, 5.74) is 2.08. The molecular weight excluding hydrogens is 313 g/mol. The molecule has 3 nitrogen and oxygen atoms in total. The largest absolute Gasteiger partial charge is 0.497 e. The summed E-state index contributed by atoms with van der Waals surface area (Å²) < 4.78 is 24.3. The summed E-state index contributed by atoms with van der Waals surface area (Å²) in [6, 6.07) is 10.9. The molecule has 1 heterocycles. The Bertz CT molecular complexity index is 693. The van der Waals surface area contributed by atoms with Crippen LogP contribution >= 0.6 is 11.8 Å². The van der Waals surface area contributed by atoms with Crippen molar-refractivity contribution in [3.05, 3.63) is 53.3 Å². The monoisotopic (exact) mass is 333 g/mol. The van der Waals surface area contributed by atoms with E-state index in [1.165, 1.54) is 6.07 Å². The number of benzene rings is 2. The molecule has 0 bridgehead atoms. The van der Waals surface area contributed by atoms with Crippen molar-refractivity contribution in [2.24, 2.45) is 0 Å². The molecule has 0 saturated heterocycles. The molecule has 2 aromatic carbocycles. The summed E-state index contributed by atoms with van der Waals surface area (Å²) in [4.78, 5) is 1.16. The molecule has 0 amide bonds. The zero-order chi connectivity index (χ0) is 16.2. The standard InChI is InChI=1S/C18H20FNO2S/c1-21-14-4-5-17(22-2)12(9-14)11-20-16-7-8-23-18-6-3-13(19)10-15(16)18/h3-6,9-10,16,20H,7-8,11H2,1-2H3. The number of halogens is 1. The first-order chi connectivity index (χ1) is 11.2. The van der Waals surface area contributed by atoms with Crippen LogP contribution in [0.15, 0.2) is 41.3 Å². The van der Waals surface area contributed by atoms with Gasteiger partial charge in [0, 0.05) is 23.0 Å². The van der Waals surface area contributed by atoms with Gasteiger partial charge in [0.1, 0.15) is 17.3 Å². The lowest BCUT2D eigenvalue weighted by Gasteiger charge is -2.26. The third-order valence-corrected chi connectivity index (χ3v) is 5.16. The van der Waals surface area contributed by atoms with Gasteiger partial charge in [0.15, 0.2) is 0 Å². The van der Waals surface area contributed by atoms with Crippen molar-refractivity contribution in [1.82, 2.24) is 5.32 Å². The summed E-state index contributed by atoms with van der Waals surface area (Å²) in [5.74, 6) is 2.47. The Hall–Kier alpha value is -1.72. The van der Waals surface area contributed by atoms with Gasteiger partial charge < -0.3 is 14.8 Å². The quantitative estimate of drug-likeness (QED) is 0.890. The molecule has 5 heteroatoms. The van der Waals surface area contributed by atoms with Crippen LogP contribution in [0, 0.1) is 5.82 Å². The van der Waals surface area contributed by atoms with Gasteiger partial charge in [-0.25, -0.2) is 4.39 Å². The van der Waals surface area contributed by atoms with Gasteiger partial charge in [-0.15, -0.1) is 11.8 Å². The molecule has 1 aliphatic heterocycles. The minimum Gasteiger partial charge on any atom is -0.497 e. The molecule has 1 unspecified atom stereocenters. The lowest BCUT2D eigenvalue weighted by Crippen LogP contribution is -2.24. The average molecular weight is 333 g/mol. The van der Waals surface area contributed by atoms with E-state index in [0.29, 0.717) is 6.54 Å². The van der Waals surface area contributed by atoms with E-state index in [0.717, 1.165) is 39.7 Å². The van der Waals surface area contributed by atoms with Gasteiger partial charge >= 0.3 is 0 Å². The molecule has 1 atom stereocenters. The highest BCUT2D eigenvalue weighted by atomic mass is 32.2. The van der Waals surface area contributed by atoms with Crippen molar-refractivity contribution >= 4 is 11.8 Å². The maximum Gasteiger partial charge on any atom is 0.123 e. The topological polar surface area (TPSA) is 30.5 Å². The summed E-state index contributed by atoms with van der Waals surface area (Å²) in [6.07, 6.45) is 0.980. The van der Waals surface area contributed by atoms with Crippen LogP contribution in [0.4, 0.5) is 4.39 Å². The van der Waals surface area contributed by atoms with E-state index in [9.17, 15) is 4.39 Å². The smallest absolute Gasteiger partial charge is 0.123 e. The molecule has 1 aliphatic rings. The predicted molar refractivity (Wildman–Crippen MR) is 90.9 cm³/mol. The van der Waals surface area contributed by atoms with Gasteiger partial charge in [-0.1, -0.05) is 0 Å². The minimum absolute atomic E-state index is 0.151. The Morgan fingerprint density at radius 2 is 2.04 bits per heavy atom. The molecule has 1 N–H and O–H groups in total. The maximum atomic E-state index is 13.6. The van der Waals surface area contributed by atoms with E-state index in [1.54, 1.807) is 32.0 Å². The van der Waals surface area contributed by atoms with Crippen molar-refractivity contribution in [1.29, 1.82) is 0 Å². The fraction of sp³-hybridized carbons (Fsp3) is 0.333. The van der Waals surface area contributed by atoms with Crippen LogP contribution in [0.25, 0.3) is 0 Å². The fourth-order valence-corrected chi connectivity index (χ4v) is 3.94. The summed E-state index contributed by atoms with van der Waals surface area (Å²) >= 11 is 1.79. The molecule has 0 fully saturated rings. The predicted octanol–water partition coefficient (Wildman–Crippen LogP) is 4.17. The summed E-state index contributed by atoms with van der Waals surface area (Å²) in [5, 5.41) is 3.53. The van der Waals surface area contributed by atoms with Crippen molar-refractivity contribution in [3.8, 4) is 11.5 Å². The third-order valence-electron chi connectivity index (χ3n) is 4.04. The van der Waals surface area contributed by atoms with Crippen molar-refractivity contribution in [2.75, 3.05) is 20.0 Å². The van der Waals surface area contributed by atoms with Crippen molar-refractivity contribution in [3.63, 3.8) is 0 Å². The first kappa shape index (κ1) is 16.1. The molecule has 0 aromatic heterocycles. The molecule has 122 valence electrons. The maximum absolute atomic E-state index is 13.6. The fourth-order valence-electron chi connectivity index (χ4n) is 2.83. The van der Waals surface area contributed by atoms with Crippen LogP contribution in [0.3, 0.4) is 0 Å². The lowest BCUT2D eigenvalue weighted by molar-refractivity contribution is 0.394. The van der Waals surface area contributed by atoms with Gasteiger partial charge in [-0.3, -0.25) is 0 Å². The Morgan fingerprint density at radius 1 is 1.17 bits per heavy atom. The Balaban J connectivity index is 1.78. The number of rotatable bonds is 5. The highest BCUT2D eigenvalue weighted by molar-refractivity contribution is 7.99. The second-order valence-corrected chi connectivity index (χ2v) is 6.57. The van der Waals surface area contributed by atoms with Crippen LogP contribution in [-0.2, 0) is 6.54 Å². The highest BCUT2D eigenvalue weighted by Crippen LogP contribution is 2.37. The number of methoxy groups -OCH3 is 2. The summed E-state index contributed by atoms with van der Waals surface area (Å²) in [7, 11) is 3.31. The average Bonchev–Trinajstić information content (AvgIpc) is 2.59. The second kappa shape index (κ2) is 7.23. The summed E-state index contributed by atoms with van der Waals surface area (Å²) in [6.45, 7) is 0.645. The Kier molecular flexibility index (Phi) is 5.08. The van der Waals surface area contributed by atoms with Gasteiger partial charge in [-0.2, -0.15) is 0 Å². The minimum atomic E-state index is -0.183. The SMILES string of the molecule is COc1ccc(OC)c(CNC2CCSc3ccc(F)cc32)c1.